The van der Waals surface area contributed by atoms with Gasteiger partial charge < -0.3 is 42.4 Å². The summed E-state index contributed by atoms with van der Waals surface area (Å²) in [7, 11) is -3.36. The van der Waals surface area contributed by atoms with Crippen LogP contribution < -0.4 is 71.5 Å². The normalized spacial score (nSPS) is 13.8. The summed E-state index contributed by atoms with van der Waals surface area (Å²) in [6.45, 7) is 66.3. The average molecular weight is 2390 g/mol. The van der Waals surface area contributed by atoms with E-state index in [2.05, 4.69) is 82.3 Å². The Morgan fingerprint density at radius 3 is 1.35 bits per heavy atom. The molecule has 0 bridgehead atoms. The number of nitrogens with two attached hydrogens (primary N) is 2. The van der Waals surface area contributed by atoms with E-state index in [1.54, 1.807) is 184 Å². The number of allylic oxidation sites excluding steroid dienone is 2. The average Bonchev–Trinajstić information content (AvgIpc) is 1.68. The third-order valence-corrected chi connectivity index (χ3v) is 39.0. The zero-order valence-electron chi connectivity index (χ0n) is 95.7. The van der Waals surface area contributed by atoms with Crippen molar-refractivity contribution >= 4 is 159 Å². The molecule has 0 aliphatic heterocycles. The summed E-state index contributed by atoms with van der Waals surface area (Å²) >= 11 is -0.967. The molecule has 10 N–H and O–H groups in total. The van der Waals surface area contributed by atoms with Crippen LogP contribution in [0, 0.1) is 89.7 Å². The quantitative estimate of drug-likeness (QED) is 0.00392. The fourth-order valence-corrected chi connectivity index (χ4v) is 25.8. The Labute approximate surface area is 1000 Å². The van der Waals surface area contributed by atoms with Crippen molar-refractivity contribution in [2.45, 2.75) is 364 Å². The molecule has 0 amide bonds. The van der Waals surface area contributed by atoms with Gasteiger partial charge in [0, 0.05) is 81.0 Å². The van der Waals surface area contributed by atoms with Crippen LogP contribution in [0.3, 0.4) is 0 Å². The third kappa shape index (κ3) is 76.1. The first kappa shape index (κ1) is 155. The molecule has 5 saturated carbocycles. The zero-order chi connectivity index (χ0) is 110. The summed E-state index contributed by atoms with van der Waals surface area (Å²) in [4.78, 5) is 53.6. The molecule has 150 heavy (non-hydrogen) atoms. The standard InChI is InChI=1S/C23H28FN3OS.C17H22N2OS.C13H13NO.C13H11NO.C10H15FNSi.C9H7NO.C4H11NOS.C4H6O.3C4H9.4C3H8O.BrH.K.Mg.H2O.Sn.Ti.2H/c1-22(2,3)29(28)27-23(12-11-16-7-8-16,18-6-4-5-17(13-18)15-25)19-9-10-20(24)21(26)14-19;1-17(2,3)21(20)19-16(10-9-13-7-8-13)15-6-4-5-14(11-15)12-18;2*1-14-12-4-2-3-11(9-12)13(15)8-7-10-5-6-10;1-12(13(2,3)4)10-8-6-5-7-9(10)11;1-7(11)8-4-3-5-9(6-8)10-2;1-4(2,3)7(5)6;5-3-4-1-2-4;3*1-3-4-2;4*1-3(2)4;;;;;;;;/h4-6,9-10,13-14,16,27H,7-8,11-12,26H2,1-3H3;4-6,11,13H,7-10H2,1-3H3;2-4,9-10H,5-8H2;2-4,7-10H,5-6H2;5,7-8H,1-4H3;3-6H,1H3;5H2,1-3H3;3-4H,1-2H2;3*1,3-4H2,2H3;4*3-4H,1-2H3;1H;;;1H2;;;;/q;;;;-1;;;;;;;;;;;;+1;+2;;;;;-1/p-1/b;;;8-7+;;;;;;;;;;;;;;;;;;;/t;;;;;;7-;;;;;;;;;;;;;;;;/m......1................/s1. The number of hydrogen-bond donors (Lipinski definition) is 7. The Morgan fingerprint density at radius 2 is 0.980 bits per heavy atom. The first-order chi connectivity index (χ1) is 67.9. The largest absolute Gasteiger partial charge is 2.00 e. The molecule has 0 heterocycles. The molecular weight excluding hydrogens is 2210 g/mol. The van der Waals surface area contributed by atoms with Gasteiger partial charge in [0.25, 0.3) is 0 Å². The number of halogens is 3. The maximum Gasteiger partial charge on any atom is 2.00 e. The van der Waals surface area contributed by atoms with Crippen molar-refractivity contribution in [2.75, 3.05) is 17.3 Å². The fourth-order valence-electron chi connectivity index (χ4n) is 12.4. The first-order valence-electron chi connectivity index (χ1n) is 51.1. The minimum Gasteiger partial charge on any atom is -1.00 e. The van der Waals surface area contributed by atoms with Crippen molar-refractivity contribution in [3.63, 3.8) is 0 Å². The van der Waals surface area contributed by atoms with Gasteiger partial charge in [-0.3, -0.25) is 19.5 Å². The first-order valence-corrected chi connectivity index (χ1v) is 65.1. The molecule has 0 spiro atoms. The number of carbonyl (C=O) groups excluding carboxylic acids is 4. The van der Waals surface area contributed by atoms with Crippen LogP contribution in [0.1, 0.15) is 347 Å². The van der Waals surface area contributed by atoms with Crippen LogP contribution in [0.25, 0.3) is 14.5 Å². The van der Waals surface area contributed by atoms with E-state index in [1.807, 2.05) is 116 Å². The topological polar surface area (TPSA) is 371 Å². The summed E-state index contributed by atoms with van der Waals surface area (Å²) in [5, 5.41) is 55.7. The molecule has 820 valence electrons. The molecule has 5 aliphatic rings. The predicted molar refractivity (Wildman–Crippen MR) is 627 cm³/mol. The number of nitriles is 2. The Kier molecular flexibility index (Phi) is 87.3. The minimum atomic E-state index is -1.46. The number of benzene rings is 7. The smallest absolute Gasteiger partial charge is 1.00 e. The van der Waals surface area contributed by atoms with Crippen molar-refractivity contribution in [3.8, 4) is 12.1 Å². The molecule has 0 radical (unpaired) electrons. The Morgan fingerprint density at radius 1 is 0.587 bits per heavy atom. The summed E-state index contributed by atoms with van der Waals surface area (Å²) in [6, 6.07) is 51.9. The summed E-state index contributed by atoms with van der Waals surface area (Å²) in [5.41, 5.74) is 13.8. The number of aliphatic hydroxyl groups excluding tert-OH is 4. The van der Waals surface area contributed by atoms with Gasteiger partial charge in [0.2, 0.25) is 0 Å². The van der Waals surface area contributed by atoms with Crippen LogP contribution in [0.15, 0.2) is 174 Å². The Bertz CT molecular complexity index is 5340. The van der Waals surface area contributed by atoms with Crippen molar-refractivity contribution in [2.24, 2.45) is 39.1 Å². The van der Waals surface area contributed by atoms with E-state index in [0.29, 0.717) is 81.2 Å². The molecule has 12 rings (SSSR count). The number of aldehydes is 1. The summed E-state index contributed by atoms with van der Waals surface area (Å²) in [5.74, 6) is 2.83. The SMILES string of the molecule is Br.CC(C)(C)S(=O)N=C(CCC1CC1)c1cccc(C#N)c1.CC(C)(C)S(=O)NC(CCC1CC1)(c1cccc(C#N)c1)c1ccc(F)c(N)c1.CC(C)(C)[S@](N)=O.CC(C)O.CC(C)O.CC(C)O.CC(C)O.CCC[CH2][SnH]([CH2]CCC)[CH2]CCC.CN(c1c[c-]ccc1F)[Si](C)(C)C.O=CC1CC1.[C-]#[N+]c1cccc(C(=O)/C=C/C2CC2)c1.[C-]#[N+]c1cccc(C(=O)CCC2CC2)c1.[C-]#[N+]c1cccc(C(C)=O)c1.[H-].[K+].[Mg+2].[OH-].[Ti]. The molecule has 0 saturated heterocycles. The fraction of sp³-hybridized carbons (Fsp3) is 0.538. The molecule has 3 unspecified atom stereocenters. The van der Waals surface area contributed by atoms with Crippen LogP contribution in [0.2, 0.25) is 33.0 Å². The van der Waals surface area contributed by atoms with Gasteiger partial charge in [-0.25, -0.2) is 40.7 Å². The molecule has 33 heteroatoms. The number of carbonyl (C=O) groups is 4. The van der Waals surface area contributed by atoms with Crippen molar-refractivity contribution in [1.82, 2.24) is 4.72 Å². The van der Waals surface area contributed by atoms with E-state index in [-0.39, 0.29) is 183 Å². The number of nitrogens with one attached hydrogen (secondary N) is 1. The molecule has 5 aliphatic carbocycles. The van der Waals surface area contributed by atoms with Gasteiger partial charge in [0.15, 0.2) is 34.4 Å². The molecular formula is C117H176BrF2KMgN10O12S3SiSnTi. The second kappa shape index (κ2) is 84.5. The number of anilines is 2. The number of unbranched alkanes of at least 4 members (excludes halogenated alkanes) is 3. The second-order valence-electron chi connectivity index (χ2n) is 42.0. The molecule has 5 fully saturated rings. The van der Waals surface area contributed by atoms with Gasteiger partial charge in [-0.05, 0) is 296 Å². The number of nitrogen functional groups attached to an aromatic ring is 1. The number of aliphatic hydroxyl groups is 4. The second-order valence-corrected chi connectivity index (χ2v) is 62.6. The number of hydrogen-bond acceptors (Lipinski definition) is 16. The van der Waals surface area contributed by atoms with Crippen molar-refractivity contribution in [3.05, 3.63) is 266 Å². The van der Waals surface area contributed by atoms with E-state index in [4.69, 9.17) is 56.3 Å². The van der Waals surface area contributed by atoms with Gasteiger partial charge in [-0.15, -0.1) is 23.0 Å². The number of nitrogens with zero attached hydrogens (tertiary/aromatic N) is 7. The maximum absolute atomic E-state index is 13.9. The number of Topliss-reactive ketones (excluding diaryl/α,β-unsaturated/α-hetero) is 2. The van der Waals surface area contributed by atoms with E-state index in [9.17, 15) is 45.8 Å². The molecule has 22 nitrogen and oxygen atoms in total. The molecule has 0 aromatic heterocycles. The van der Waals surface area contributed by atoms with Gasteiger partial charge in [0.1, 0.15) is 31.3 Å². The van der Waals surface area contributed by atoms with Crippen molar-refractivity contribution in [1.29, 1.82) is 10.5 Å². The van der Waals surface area contributed by atoms with Gasteiger partial charge in [0.05, 0.1) is 96.1 Å². The summed E-state index contributed by atoms with van der Waals surface area (Å²) in [6.07, 6.45) is 30.3. The van der Waals surface area contributed by atoms with E-state index < -0.39 is 77.1 Å². The van der Waals surface area contributed by atoms with Crippen LogP contribution in [-0.4, -0.2) is 165 Å². The third-order valence-electron chi connectivity index (χ3n) is 22.0. The van der Waals surface area contributed by atoms with Crippen LogP contribution >= 0.6 is 17.0 Å². The Balaban J connectivity index is -0.000000310. The van der Waals surface area contributed by atoms with Gasteiger partial charge in [-0.1, -0.05) is 149 Å². The molecule has 7 aromatic rings. The van der Waals surface area contributed by atoms with Crippen LogP contribution in [0.5, 0.6) is 0 Å². The molecule has 4 atom stereocenters. The van der Waals surface area contributed by atoms with Gasteiger partial charge in [-0.2, -0.15) is 33.1 Å². The molecule has 7 aromatic carbocycles. The van der Waals surface area contributed by atoms with Crippen molar-refractivity contribution < 1.29 is 141 Å². The number of ketones is 3. The van der Waals surface area contributed by atoms with Crippen LogP contribution in [-0.2, 0) is 65.0 Å². The monoisotopic (exact) mass is 2380 g/mol. The van der Waals surface area contributed by atoms with Crippen LogP contribution in [0.4, 0.5) is 37.2 Å². The number of rotatable bonds is 32. The summed E-state index contributed by atoms with van der Waals surface area (Å²) < 4.78 is 77.0. The predicted octanol–water partition coefficient (Wildman–Crippen LogP) is 25.4. The minimum absolute atomic E-state index is 0. The van der Waals surface area contributed by atoms with Gasteiger partial charge >= 0.3 is 167 Å². The van der Waals surface area contributed by atoms with E-state index in [1.165, 1.54) is 109 Å². The van der Waals surface area contributed by atoms with E-state index in [0.717, 1.165) is 79.0 Å². The Hall–Kier alpha value is -5.68. The van der Waals surface area contributed by atoms with E-state index >= 15 is 0 Å². The zero-order valence-corrected chi connectivity index (χ0v) is 109. The maximum atomic E-state index is 13.9.